The average molecular weight is 354 g/mol. The molecule has 1 N–H and O–H groups in total. The van der Waals surface area contributed by atoms with E-state index >= 15 is 0 Å². The molecule has 0 amide bonds. The van der Waals surface area contributed by atoms with Crippen LogP contribution in [0.2, 0.25) is 0 Å². The lowest BCUT2D eigenvalue weighted by molar-refractivity contribution is 0.762. The Morgan fingerprint density at radius 1 is 0.630 bits per heavy atom. The zero-order valence-corrected chi connectivity index (χ0v) is 16.2. The SMILES string of the molecule is C(=Cc1c2ccccc2cc2ccccc12)c1ccccc1.CCNCC. The Labute approximate surface area is 162 Å². The third kappa shape index (κ3) is 4.84. The second kappa shape index (κ2) is 9.70. The van der Waals surface area contributed by atoms with Gasteiger partial charge in [-0.05, 0) is 51.8 Å². The van der Waals surface area contributed by atoms with E-state index < -0.39 is 0 Å². The molecule has 0 unspecified atom stereocenters. The zero-order chi connectivity index (χ0) is 18.9. The Bertz CT molecular complexity index is 960. The molecule has 0 atom stereocenters. The van der Waals surface area contributed by atoms with E-state index in [-0.39, 0.29) is 0 Å². The van der Waals surface area contributed by atoms with Crippen molar-refractivity contribution in [3.63, 3.8) is 0 Å². The molecule has 27 heavy (non-hydrogen) atoms. The third-order valence-corrected chi connectivity index (χ3v) is 4.55. The van der Waals surface area contributed by atoms with E-state index in [1.165, 1.54) is 32.7 Å². The second-order valence-electron chi connectivity index (χ2n) is 6.43. The van der Waals surface area contributed by atoms with Crippen LogP contribution in [0.25, 0.3) is 33.7 Å². The molecule has 0 radical (unpaired) electrons. The lowest BCUT2D eigenvalue weighted by atomic mass is 9.96. The molecular formula is C26H27N. The molecule has 0 bridgehead atoms. The summed E-state index contributed by atoms with van der Waals surface area (Å²) >= 11 is 0. The number of hydrogen-bond acceptors (Lipinski definition) is 1. The fourth-order valence-electron chi connectivity index (χ4n) is 3.22. The van der Waals surface area contributed by atoms with Gasteiger partial charge in [0.25, 0.3) is 0 Å². The molecule has 0 fully saturated rings. The Kier molecular flexibility index (Phi) is 6.78. The van der Waals surface area contributed by atoms with Gasteiger partial charge in [0.05, 0.1) is 0 Å². The molecule has 0 aromatic heterocycles. The molecule has 0 aliphatic heterocycles. The number of nitrogens with one attached hydrogen (secondary N) is 1. The number of hydrogen-bond donors (Lipinski definition) is 1. The molecule has 1 heteroatoms. The molecule has 0 saturated carbocycles. The van der Waals surface area contributed by atoms with Gasteiger partial charge in [-0.1, -0.05) is 105 Å². The van der Waals surface area contributed by atoms with Crippen LogP contribution in [0, 0.1) is 0 Å². The quantitative estimate of drug-likeness (QED) is 0.315. The highest BCUT2D eigenvalue weighted by Crippen LogP contribution is 2.29. The van der Waals surface area contributed by atoms with Crippen molar-refractivity contribution >= 4 is 33.7 Å². The molecule has 0 saturated heterocycles. The maximum absolute atomic E-state index is 3.11. The predicted molar refractivity (Wildman–Crippen MR) is 121 cm³/mol. The van der Waals surface area contributed by atoms with E-state index in [0.29, 0.717) is 0 Å². The molecule has 4 aromatic rings. The molecule has 0 aliphatic rings. The Balaban J connectivity index is 0.000000376. The average Bonchev–Trinajstić information content (AvgIpc) is 2.73. The molecular weight excluding hydrogens is 326 g/mol. The summed E-state index contributed by atoms with van der Waals surface area (Å²) in [6.07, 6.45) is 4.42. The molecule has 136 valence electrons. The van der Waals surface area contributed by atoms with Crippen LogP contribution in [0.1, 0.15) is 25.0 Å². The van der Waals surface area contributed by atoms with Crippen molar-refractivity contribution in [2.45, 2.75) is 13.8 Å². The third-order valence-electron chi connectivity index (χ3n) is 4.55. The Hall–Kier alpha value is -2.90. The summed E-state index contributed by atoms with van der Waals surface area (Å²) in [5, 5.41) is 8.28. The molecule has 1 nitrogen and oxygen atoms in total. The smallest absolute Gasteiger partial charge is 0.00775 e. The van der Waals surface area contributed by atoms with Gasteiger partial charge >= 0.3 is 0 Å². The van der Waals surface area contributed by atoms with E-state index in [1.54, 1.807) is 0 Å². The van der Waals surface area contributed by atoms with Crippen molar-refractivity contribution in [1.82, 2.24) is 5.32 Å². The minimum atomic E-state index is 1.09. The minimum Gasteiger partial charge on any atom is -0.317 e. The van der Waals surface area contributed by atoms with Gasteiger partial charge in [0, 0.05) is 0 Å². The van der Waals surface area contributed by atoms with Crippen molar-refractivity contribution in [3.8, 4) is 0 Å². The van der Waals surface area contributed by atoms with E-state index in [2.05, 4.69) is 110 Å². The summed E-state index contributed by atoms with van der Waals surface area (Å²) in [5.41, 5.74) is 2.51. The highest BCUT2D eigenvalue weighted by Gasteiger charge is 2.04. The lowest BCUT2D eigenvalue weighted by Gasteiger charge is -2.08. The van der Waals surface area contributed by atoms with Crippen LogP contribution in [-0.4, -0.2) is 13.1 Å². The maximum atomic E-state index is 3.11. The summed E-state index contributed by atoms with van der Waals surface area (Å²) < 4.78 is 0. The fraction of sp³-hybridized carbons (Fsp3) is 0.154. The van der Waals surface area contributed by atoms with Gasteiger partial charge in [0.1, 0.15) is 0 Å². The Morgan fingerprint density at radius 3 is 1.67 bits per heavy atom. The monoisotopic (exact) mass is 353 g/mol. The van der Waals surface area contributed by atoms with Gasteiger partial charge in [0.2, 0.25) is 0 Å². The maximum Gasteiger partial charge on any atom is -0.00775 e. The van der Waals surface area contributed by atoms with Crippen molar-refractivity contribution < 1.29 is 0 Å². The van der Waals surface area contributed by atoms with E-state index in [1.807, 2.05) is 6.07 Å². The number of fused-ring (bicyclic) bond motifs is 2. The molecule has 0 spiro atoms. The predicted octanol–water partition coefficient (Wildman–Crippen LogP) is 6.78. The highest BCUT2D eigenvalue weighted by molar-refractivity contribution is 6.07. The van der Waals surface area contributed by atoms with Gasteiger partial charge in [0.15, 0.2) is 0 Å². The summed E-state index contributed by atoms with van der Waals surface area (Å²) in [5.74, 6) is 0. The summed E-state index contributed by atoms with van der Waals surface area (Å²) in [6, 6.07) is 29.9. The standard InChI is InChI=1S/C22H16.C4H11N/c1-2-8-17(9-3-1)14-15-22-20-12-6-4-10-18(20)16-19-11-5-7-13-21(19)22;1-3-5-4-2/h1-16H;5H,3-4H2,1-2H3. The first-order valence-electron chi connectivity index (χ1n) is 9.67. The van der Waals surface area contributed by atoms with Crippen LogP contribution in [-0.2, 0) is 0 Å². The van der Waals surface area contributed by atoms with Gasteiger partial charge in [-0.2, -0.15) is 0 Å². The van der Waals surface area contributed by atoms with E-state index in [0.717, 1.165) is 13.1 Å². The van der Waals surface area contributed by atoms with Gasteiger partial charge < -0.3 is 5.32 Å². The first kappa shape index (κ1) is 18.9. The normalized spacial score (nSPS) is 10.9. The second-order valence-corrected chi connectivity index (χ2v) is 6.43. The first-order valence-corrected chi connectivity index (χ1v) is 9.67. The molecule has 4 rings (SSSR count). The van der Waals surface area contributed by atoms with E-state index in [4.69, 9.17) is 0 Å². The topological polar surface area (TPSA) is 12.0 Å². The summed E-state index contributed by atoms with van der Waals surface area (Å²) in [6.45, 7) is 6.39. The summed E-state index contributed by atoms with van der Waals surface area (Å²) in [7, 11) is 0. The van der Waals surface area contributed by atoms with Crippen LogP contribution in [0.3, 0.4) is 0 Å². The van der Waals surface area contributed by atoms with Gasteiger partial charge in [-0.3, -0.25) is 0 Å². The van der Waals surface area contributed by atoms with Crippen molar-refractivity contribution in [1.29, 1.82) is 0 Å². The van der Waals surface area contributed by atoms with Crippen LogP contribution in [0.4, 0.5) is 0 Å². The van der Waals surface area contributed by atoms with E-state index in [9.17, 15) is 0 Å². The Morgan fingerprint density at radius 2 is 1.15 bits per heavy atom. The van der Waals surface area contributed by atoms with Gasteiger partial charge in [-0.25, -0.2) is 0 Å². The molecule has 4 aromatic carbocycles. The zero-order valence-electron chi connectivity index (χ0n) is 16.2. The molecule has 0 aliphatic carbocycles. The fourth-order valence-corrected chi connectivity index (χ4v) is 3.22. The number of rotatable bonds is 4. The summed E-state index contributed by atoms with van der Waals surface area (Å²) in [4.78, 5) is 0. The van der Waals surface area contributed by atoms with Crippen LogP contribution in [0.15, 0.2) is 84.9 Å². The van der Waals surface area contributed by atoms with Crippen molar-refractivity contribution in [2.75, 3.05) is 13.1 Å². The van der Waals surface area contributed by atoms with Crippen LogP contribution >= 0.6 is 0 Å². The van der Waals surface area contributed by atoms with Crippen LogP contribution < -0.4 is 5.32 Å². The first-order chi connectivity index (χ1) is 13.3. The van der Waals surface area contributed by atoms with Crippen LogP contribution in [0.5, 0.6) is 0 Å². The van der Waals surface area contributed by atoms with Gasteiger partial charge in [-0.15, -0.1) is 0 Å². The van der Waals surface area contributed by atoms with Crippen molar-refractivity contribution in [3.05, 3.63) is 96.1 Å². The molecule has 0 heterocycles. The van der Waals surface area contributed by atoms with Crippen molar-refractivity contribution in [2.24, 2.45) is 0 Å². The largest absolute Gasteiger partial charge is 0.317 e. The lowest BCUT2D eigenvalue weighted by Crippen LogP contribution is -2.09. The highest BCUT2D eigenvalue weighted by atomic mass is 14.8. The minimum absolute atomic E-state index is 1.09. The number of benzene rings is 4.